The van der Waals surface area contributed by atoms with E-state index < -0.39 is 29.8 Å². The Morgan fingerprint density at radius 1 is 1.18 bits per heavy atom. The lowest BCUT2D eigenvalue weighted by Gasteiger charge is -2.37. The number of nitrogens with one attached hydrogen (secondary N) is 1. The minimum absolute atomic E-state index is 0.0470. The molecule has 2 N–H and O–H groups in total. The Balaban J connectivity index is 1.58. The van der Waals surface area contributed by atoms with Crippen LogP contribution < -0.4 is 14.8 Å². The van der Waals surface area contributed by atoms with E-state index in [1.165, 1.54) is 34.2 Å². The van der Waals surface area contributed by atoms with Gasteiger partial charge in [-0.3, -0.25) is 4.79 Å². The van der Waals surface area contributed by atoms with Crippen molar-refractivity contribution in [1.82, 2.24) is 14.8 Å². The van der Waals surface area contributed by atoms with Crippen molar-refractivity contribution >= 4 is 17.6 Å². The molecule has 0 saturated carbocycles. The van der Waals surface area contributed by atoms with Crippen molar-refractivity contribution in [3.63, 3.8) is 0 Å². The molecule has 1 aliphatic heterocycles. The summed E-state index contributed by atoms with van der Waals surface area (Å²) in [5.41, 5.74) is 0.622. The second kappa shape index (κ2) is 13.7. The van der Waals surface area contributed by atoms with Gasteiger partial charge in [0, 0.05) is 42.5 Å². The monoisotopic (exact) mass is 610 g/mol. The number of fused-ring (bicyclic) bond motifs is 1. The molecule has 2 heterocycles. The van der Waals surface area contributed by atoms with Gasteiger partial charge in [0.25, 0.3) is 5.91 Å². The van der Waals surface area contributed by atoms with Gasteiger partial charge in [-0.25, -0.2) is 9.78 Å². The number of hydrogen-bond acceptors (Lipinski definition) is 6. The predicted octanol–water partition coefficient (Wildman–Crippen LogP) is 4.89. The van der Waals surface area contributed by atoms with Gasteiger partial charge in [0.15, 0.2) is 0 Å². The molecular formula is C32H33F3N4O5. The Morgan fingerprint density at radius 2 is 1.84 bits per heavy atom. The summed E-state index contributed by atoms with van der Waals surface area (Å²) in [6.07, 6.45) is -3.61. The van der Waals surface area contributed by atoms with Crippen LogP contribution in [-0.2, 0) is 6.18 Å². The smallest absolute Gasteiger partial charge is 0.416 e. The van der Waals surface area contributed by atoms with Crippen LogP contribution in [0.4, 0.5) is 23.7 Å². The molecule has 3 aromatic rings. The lowest BCUT2D eigenvalue weighted by Crippen LogP contribution is -2.50. The summed E-state index contributed by atoms with van der Waals surface area (Å²) in [6, 6.07) is 11.9. The molecule has 0 spiro atoms. The third-order valence-corrected chi connectivity index (χ3v) is 7.23. The van der Waals surface area contributed by atoms with Crippen LogP contribution in [0.1, 0.15) is 40.9 Å². The van der Waals surface area contributed by atoms with Gasteiger partial charge in [-0.05, 0) is 61.5 Å². The van der Waals surface area contributed by atoms with Crippen molar-refractivity contribution < 1.29 is 37.3 Å². The number of benzene rings is 2. The van der Waals surface area contributed by atoms with Gasteiger partial charge in [-0.15, -0.1) is 0 Å². The van der Waals surface area contributed by atoms with Crippen molar-refractivity contribution in [2.24, 2.45) is 5.92 Å². The zero-order chi connectivity index (χ0) is 32.0. The van der Waals surface area contributed by atoms with Crippen molar-refractivity contribution in [3.8, 4) is 23.5 Å². The number of halogens is 3. The second-order valence-corrected chi connectivity index (χ2v) is 10.6. The maximum absolute atomic E-state index is 13.6. The zero-order valence-corrected chi connectivity index (χ0v) is 24.7. The predicted molar refractivity (Wildman–Crippen MR) is 157 cm³/mol. The molecule has 4 rings (SSSR count). The molecule has 44 heavy (non-hydrogen) atoms. The summed E-state index contributed by atoms with van der Waals surface area (Å²) in [7, 11) is 3.18. The number of aliphatic hydroxyl groups is 1. The minimum Gasteiger partial charge on any atom is -0.497 e. The highest BCUT2D eigenvalue weighted by Gasteiger charge is 2.35. The fourth-order valence-electron chi connectivity index (χ4n) is 4.52. The van der Waals surface area contributed by atoms with Crippen LogP contribution in [-0.4, -0.2) is 77.8 Å². The topological polar surface area (TPSA) is 104 Å². The van der Waals surface area contributed by atoms with E-state index in [4.69, 9.17) is 9.47 Å². The quantitative estimate of drug-likeness (QED) is 0.385. The first-order chi connectivity index (χ1) is 20.9. The molecule has 3 atom stereocenters. The van der Waals surface area contributed by atoms with Gasteiger partial charge in [0.05, 0.1) is 31.9 Å². The lowest BCUT2D eigenvalue weighted by atomic mass is 10.00. The van der Waals surface area contributed by atoms with Crippen molar-refractivity contribution in [1.29, 1.82) is 0 Å². The van der Waals surface area contributed by atoms with Crippen molar-refractivity contribution in [3.05, 3.63) is 83.0 Å². The van der Waals surface area contributed by atoms with Crippen molar-refractivity contribution in [2.45, 2.75) is 32.2 Å². The number of rotatable bonds is 6. The first-order valence-electron chi connectivity index (χ1n) is 13.8. The number of carbonyl (C=O) groups is 2. The van der Waals surface area contributed by atoms with Crippen LogP contribution >= 0.6 is 0 Å². The van der Waals surface area contributed by atoms with Gasteiger partial charge in [0.2, 0.25) is 5.88 Å². The van der Waals surface area contributed by atoms with Gasteiger partial charge < -0.3 is 29.7 Å². The number of anilines is 1. The average Bonchev–Trinajstić information content (AvgIpc) is 3.01. The summed E-state index contributed by atoms with van der Waals surface area (Å²) in [6.45, 7) is 3.73. The fraction of sp³-hybridized carbons (Fsp3) is 0.344. The van der Waals surface area contributed by atoms with Crippen LogP contribution in [0.2, 0.25) is 0 Å². The van der Waals surface area contributed by atoms with Crippen LogP contribution in [0.25, 0.3) is 0 Å². The number of nitrogens with zero attached hydrogens (tertiary/aromatic N) is 3. The third kappa shape index (κ3) is 7.79. The Kier molecular flexibility index (Phi) is 10.0. The molecule has 0 bridgehead atoms. The molecule has 3 amide bonds. The number of likely N-dealkylation sites (N-methyl/N-ethyl adjacent to an activating group) is 1. The van der Waals surface area contributed by atoms with E-state index >= 15 is 0 Å². The largest absolute Gasteiger partial charge is 0.497 e. The Morgan fingerprint density at radius 3 is 2.45 bits per heavy atom. The highest BCUT2D eigenvalue weighted by molar-refractivity contribution is 5.97. The molecule has 0 unspecified atom stereocenters. The zero-order valence-electron chi connectivity index (χ0n) is 24.7. The Bertz CT molecular complexity index is 1530. The summed E-state index contributed by atoms with van der Waals surface area (Å²) in [5.74, 6) is 5.68. The Hall–Kier alpha value is -4.76. The van der Waals surface area contributed by atoms with Gasteiger partial charge in [-0.1, -0.05) is 18.8 Å². The molecular weight excluding hydrogens is 577 g/mol. The number of aliphatic hydroxyl groups excluding tert-OH is 1. The number of aromatic nitrogens is 1. The maximum Gasteiger partial charge on any atom is 0.416 e. The number of hydrogen-bond donors (Lipinski definition) is 2. The minimum atomic E-state index is -4.45. The number of methoxy groups -OCH3 is 1. The van der Waals surface area contributed by atoms with Gasteiger partial charge >= 0.3 is 12.2 Å². The number of alkyl halides is 3. The molecule has 0 aliphatic carbocycles. The van der Waals surface area contributed by atoms with E-state index in [0.717, 1.165) is 12.1 Å². The fourth-order valence-corrected chi connectivity index (χ4v) is 4.52. The molecule has 2 aromatic carbocycles. The first-order valence-corrected chi connectivity index (χ1v) is 13.8. The van der Waals surface area contributed by atoms with Crippen LogP contribution in [0.15, 0.2) is 60.8 Å². The van der Waals surface area contributed by atoms with E-state index in [1.54, 1.807) is 45.3 Å². The molecule has 9 nitrogen and oxygen atoms in total. The molecule has 0 fully saturated rings. The van der Waals surface area contributed by atoms with Gasteiger partial charge in [-0.2, -0.15) is 13.2 Å². The molecule has 12 heteroatoms. The van der Waals surface area contributed by atoms with Crippen LogP contribution in [0.5, 0.6) is 11.6 Å². The Labute approximate surface area is 253 Å². The van der Waals surface area contributed by atoms with E-state index in [-0.39, 0.29) is 43.1 Å². The average molecular weight is 611 g/mol. The normalized spacial score (nSPS) is 17.2. The van der Waals surface area contributed by atoms with E-state index in [2.05, 4.69) is 22.1 Å². The summed E-state index contributed by atoms with van der Waals surface area (Å²) in [5, 5.41) is 12.7. The molecule has 232 valence electrons. The number of amides is 3. The highest BCUT2D eigenvalue weighted by Crippen LogP contribution is 2.30. The van der Waals surface area contributed by atoms with Crippen LogP contribution in [0.3, 0.4) is 0 Å². The standard InChI is InChI=1S/C32H33F3N4O5/c1-20-17-39(21(2)19-40)30(41)27-15-23(6-5-22-7-9-24(10-8-22)32(33,34)35)16-36-29(27)44-28(20)18-38(3)31(42)37-25-11-13-26(43-4)14-12-25/h7-16,20-21,28,40H,17-19H2,1-4H3,(H,37,42)/t20-,21+,28-/m0/s1. The molecule has 0 saturated heterocycles. The molecule has 0 radical (unpaired) electrons. The second-order valence-electron chi connectivity index (χ2n) is 10.6. The van der Waals surface area contributed by atoms with Crippen molar-refractivity contribution in [2.75, 3.05) is 39.2 Å². The van der Waals surface area contributed by atoms with E-state index in [1.807, 2.05) is 6.92 Å². The van der Waals surface area contributed by atoms with Gasteiger partial charge in [0.1, 0.15) is 17.4 Å². The summed E-state index contributed by atoms with van der Waals surface area (Å²) < 4.78 is 50.0. The third-order valence-electron chi connectivity index (χ3n) is 7.23. The number of ether oxygens (including phenoxy) is 2. The number of urea groups is 1. The lowest BCUT2D eigenvalue weighted by molar-refractivity contribution is -0.137. The molecule has 1 aliphatic rings. The SMILES string of the molecule is COc1ccc(NC(=O)N(C)C[C@@H]2Oc3ncc(C#Cc4ccc(C(F)(F)F)cc4)cc3C(=O)N([C@H](C)CO)C[C@@H]2C)cc1. The highest BCUT2D eigenvalue weighted by atomic mass is 19.4. The van der Waals surface area contributed by atoms with E-state index in [9.17, 15) is 27.9 Å². The van der Waals surface area contributed by atoms with Crippen LogP contribution in [0, 0.1) is 17.8 Å². The number of carbonyl (C=O) groups excluding carboxylic acids is 2. The maximum atomic E-state index is 13.6. The molecule has 1 aromatic heterocycles. The first kappa shape index (κ1) is 32.2. The summed E-state index contributed by atoms with van der Waals surface area (Å²) >= 11 is 0. The number of pyridine rings is 1. The van der Waals surface area contributed by atoms with E-state index in [0.29, 0.717) is 22.6 Å². The summed E-state index contributed by atoms with van der Waals surface area (Å²) in [4.78, 5) is 34.0.